The fraction of sp³-hybridized carbons (Fsp3) is 0.200. The molecule has 3 rings (SSSR count). The minimum atomic E-state index is -0.287. The second-order valence-electron chi connectivity index (χ2n) is 6.00. The number of benzene rings is 2. The molecule has 0 fully saturated rings. The van der Waals surface area contributed by atoms with E-state index < -0.39 is 0 Å². The summed E-state index contributed by atoms with van der Waals surface area (Å²) in [6, 6.07) is 15.6. The number of rotatable bonds is 7. The van der Waals surface area contributed by atoms with Gasteiger partial charge in [-0.25, -0.2) is 9.37 Å². The highest BCUT2D eigenvalue weighted by Gasteiger charge is 2.15. The number of aliphatic hydroxyl groups is 1. The number of aromatic nitrogens is 2. The van der Waals surface area contributed by atoms with Gasteiger partial charge in [0.25, 0.3) is 0 Å². The molecular weight excluding hydrogens is 365 g/mol. The van der Waals surface area contributed by atoms with E-state index in [1.54, 1.807) is 30.3 Å². The summed E-state index contributed by atoms with van der Waals surface area (Å²) in [4.78, 5) is 18.5. The van der Waals surface area contributed by atoms with Crippen LogP contribution >= 0.6 is 11.8 Å². The molecule has 0 aliphatic carbocycles. The highest BCUT2D eigenvalue weighted by Crippen LogP contribution is 2.21. The summed E-state index contributed by atoms with van der Waals surface area (Å²) in [6.07, 6.45) is 1.75. The fourth-order valence-electron chi connectivity index (χ4n) is 2.56. The van der Waals surface area contributed by atoms with Crippen LogP contribution in [0.5, 0.6) is 0 Å². The van der Waals surface area contributed by atoms with E-state index in [4.69, 9.17) is 0 Å². The molecule has 27 heavy (non-hydrogen) atoms. The van der Waals surface area contributed by atoms with Crippen molar-refractivity contribution in [1.82, 2.24) is 9.55 Å². The highest BCUT2D eigenvalue weighted by atomic mass is 32.2. The molecule has 0 radical (unpaired) electrons. The maximum absolute atomic E-state index is 13.1. The van der Waals surface area contributed by atoms with Gasteiger partial charge in [-0.3, -0.25) is 4.79 Å². The van der Waals surface area contributed by atoms with E-state index in [2.05, 4.69) is 4.98 Å². The van der Waals surface area contributed by atoms with Gasteiger partial charge in [-0.15, -0.1) is 0 Å². The predicted molar refractivity (Wildman–Crippen MR) is 104 cm³/mol. The Kier molecular flexibility index (Phi) is 6.26. The second kappa shape index (κ2) is 8.83. The fourth-order valence-corrected chi connectivity index (χ4v) is 3.47. The Morgan fingerprint density at radius 2 is 1.89 bits per heavy atom. The molecule has 0 atom stereocenters. The van der Waals surface area contributed by atoms with Crippen molar-refractivity contribution in [2.24, 2.45) is 0 Å². The van der Waals surface area contributed by atoms with Crippen LogP contribution < -0.4 is 4.90 Å². The molecule has 0 aliphatic heterocycles. The lowest BCUT2D eigenvalue weighted by Crippen LogP contribution is -2.27. The van der Waals surface area contributed by atoms with Crippen molar-refractivity contribution in [3.63, 3.8) is 0 Å². The maximum Gasteiger partial charge on any atom is 0.237 e. The molecule has 1 amide bonds. The standard InChI is InChI=1S/C20H20FN3O2S/c1-23(18-5-3-2-4-6-18)19(26)14-27-20-22-17(13-25)12-24(20)11-15-7-9-16(21)10-8-15/h2-10,12,25H,11,13-14H2,1H3. The van der Waals surface area contributed by atoms with Crippen LogP contribution in [0.3, 0.4) is 0 Å². The third-order valence-corrected chi connectivity index (χ3v) is 5.04. The van der Waals surface area contributed by atoms with E-state index in [-0.39, 0.29) is 24.1 Å². The van der Waals surface area contributed by atoms with Gasteiger partial charge in [-0.1, -0.05) is 42.1 Å². The van der Waals surface area contributed by atoms with Crippen molar-refractivity contribution in [3.05, 3.63) is 77.9 Å². The summed E-state index contributed by atoms with van der Waals surface area (Å²) >= 11 is 1.31. The summed E-state index contributed by atoms with van der Waals surface area (Å²) < 4.78 is 15.0. The molecule has 0 unspecified atom stereocenters. The van der Waals surface area contributed by atoms with E-state index in [1.807, 2.05) is 34.9 Å². The van der Waals surface area contributed by atoms with Crippen LogP contribution in [-0.2, 0) is 17.9 Å². The number of aliphatic hydroxyl groups excluding tert-OH is 1. The molecule has 1 aromatic heterocycles. The van der Waals surface area contributed by atoms with Crippen LogP contribution in [0, 0.1) is 5.82 Å². The minimum absolute atomic E-state index is 0.0481. The van der Waals surface area contributed by atoms with Crippen LogP contribution in [0.1, 0.15) is 11.3 Å². The zero-order valence-corrected chi connectivity index (χ0v) is 15.7. The average molecular weight is 385 g/mol. The summed E-state index contributed by atoms with van der Waals surface area (Å²) in [6.45, 7) is 0.306. The molecule has 140 valence electrons. The van der Waals surface area contributed by atoms with Gasteiger partial charge in [0.15, 0.2) is 5.16 Å². The number of hydrogen-bond donors (Lipinski definition) is 1. The topological polar surface area (TPSA) is 58.4 Å². The van der Waals surface area contributed by atoms with Gasteiger partial charge in [-0.05, 0) is 29.8 Å². The number of para-hydroxylation sites is 1. The molecule has 1 N–H and O–H groups in total. The summed E-state index contributed by atoms with van der Waals surface area (Å²) in [5, 5.41) is 10.0. The third-order valence-electron chi connectivity index (χ3n) is 4.06. The number of hydrogen-bond acceptors (Lipinski definition) is 4. The van der Waals surface area contributed by atoms with Gasteiger partial charge >= 0.3 is 0 Å². The Labute approximate surface area is 161 Å². The van der Waals surface area contributed by atoms with Gasteiger partial charge in [0, 0.05) is 25.5 Å². The number of nitrogens with zero attached hydrogens (tertiary/aromatic N) is 3. The summed E-state index contributed by atoms with van der Waals surface area (Å²) in [7, 11) is 1.74. The Morgan fingerprint density at radius 1 is 1.19 bits per heavy atom. The number of amides is 1. The lowest BCUT2D eigenvalue weighted by molar-refractivity contribution is -0.115. The Balaban J connectivity index is 1.69. The monoisotopic (exact) mass is 385 g/mol. The molecule has 3 aromatic rings. The molecule has 5 nitrogen and oxygen atoms in total. The second-order valence-corrected chi connectivity index (χ2v) is 6.95. The number of imidazole rings is 1. The Hall–Kier alpha value is -2.64. The zero-order valence-electron chi connectivity index (χ0n) is 14.9. The number of thioether (sulfide) groups is 1. The van der Waals surface area contributed by atoms with Crippen LogP contribution in [0.25, 0.3) is 0 Å². The molecular formula is C20H20FN3O2S. The third kappa shape index (κ3) is 4.96. The molecule has 0 aliphatic rings. The van der Waals surface area contributed by atoms with Crippen LogP contribution in [0.2, 0.25) is 0 Å². The van der Waals surface area contributed by atoms with E-state index in [1.165, 1.54) is 23.9 Å². The van der Waals surface area contributed by atoms with Gasteiger partial charge in [0.2, 0.25) is 5.91 Å². The highest BCUT2D eigenvalue weighted by molar-refractivity contribution is 7.99. The van der Waals surface area contributed by atoms with Crippen molar-refractivity contribution in [1.29, 1.82) is 0 Å². The van der Waals surface area contributed by atoms with Crippen molar-refractivity contribution in [2.45, 2.75) is 18.3 Å². The van der Waals surface area contributed by atoms with E-state index >= 15 is 0 Å². The van der Waals surface area contributed by atoms with E-state index in [9.17, 15) is 14.3 Å². The van der Waals surface area contributed by atoms with Crippen molar-refractivity contribution in [3.8, 4) is 0 Å². The quantitative estimate of drug-likeness (QED) is 0.634. The van der Waals surface area contributed by atoms with Crippen LogP contribution in [-0.4, -0.2) is 33.4 Å². The first-order valence-corrected chi connectivity index (χ1v) is 9.41. The molecule has 2 aromatic carbocycles. The predicted octanol–water partition coefficient (Wildman–Crippen LogP) is 3.32. The Morgan fingerprint density at radius 3 is 2.56 bits per heavy atom. The van der Waals surface area contributed by atoms with Gasteiger partial charge in [0.05, 0.1) is 18.1 Å². The molecule has 7 heteroatoms. The van der Waals surface area contributed by atoms with Crippen molar-refractivity contribution >= 4 is 23.4 Å². The van der Waals surface area contributed by atoms with E-state index in [0.717, 1.165) is 11.3 Å². The first kappa shape index (κ1) is 19.1. The van der Waals surface area contributed by atoms with Crippen molar-refractivity contribution in [2.75, 3.05) is 17.7 Å². The molecule has 1 heterocycles. The number of anilines is 1. The smallest absolute Gasteiger partial charge is 0.237 e. The Bertz CT molecular complexity index is 897. The summed E-state index contributed by atoms with van der Waals surface area (Å²) in [5.74, 6) is -0.117. The molecule has 0 saturated carbocycles. The van der Waals surface area contributed by atoms with Crippen LogP contribution in [0.15, 0.2) is 66.0 Å². The largest absolute Gasteiger partial charge is 0.390 e. The normalized spacial score (nSPS) is 10.8. The summed E-state index contributed by atoms with van der Waals surface area (Å²) in [5.41, 5.74) is 2.27. The molecule has 0 bridgehead atoms. The van der Waals surface area contributed by atoms with Crippen molar-refractivity contribution < 1.29 is 14.3 Å². The molecule has 0 saturated heterocycles. The zero-order chi connectivity index (χ0) is 19.2. The first-order chi connectivity index (χ1) is 13.1. The number of halogens is 1. The van der Waals surface area contributed by atoms with E-state index in [0.29, 0.717) is 17.4 Å². The lowest BCUT2D eigenvalue weighted by atomic mass is 10.2. The van der Waals surface area contributed by atoms with Gasteiger partial charge in [0.1, 0.15) is 5.82 Å². The van der Waals surface area contributed by atoms with Gasteiger partial charge in [-0.2, -0.15) is 0 Å². The van der Waals surface area contributed by atoms with Gasteiger partial charge < -0.3 is 14.6 Å². The number of carbonyl (C=O) groups is 1. The average Bonchev–Trinajstić information content (AvgIpc) is 3.09. The lowest BCUT2D eigenvalue weighted by Gasteiger charge is -2.17. The first-order valence-electron chi connectivity index (χ1n) is 8.42. The van der Waals surface area contributed by atoms with Crippen LogP contribution in [0.4, 0.5) is 10.1 Å². The maximum atomic E-state index is 13.1. The minimum Gasteiger partial charge on any atom is -0.390 e. The molecule has 0 spiro atoms. The number of carbonyl (C=O) groups excluding carboxylic acids is 1. The SMILES string of the molecule is CN(C(=O)CSc1nc(CO)cn1Cc1ccc(F)cc1)c1ccccc1.